The van der Waals surface area contributed by atoms with E-state index in [0.29, 0.717) is 11.7 Å². The van der Waals surface area contributed by atoms with Crippen molar-refractivity contribution < 1.29 is 24.1 Å². The highest BCUT2D eigenvalue weighted by molar-refractivity contribution is 7.98. The third-order valence-electron chi connectivity index (χ3n) is 5.69. The largest absolute Gasteiger partial charge is 0.493 e. The Balaban J connectivity index is 1.41. The second-order valence-electron chi connectivity index (χ2n) is 8.71. The Bertz CT molecular complexity index is 1050. The first kappa shape index (κ1) is 24.5. The van der Waals surface area contributed by atoms with Gasteiger partial charge in [-0.15, -0.1) is 11.8 Å². The molecule has 7 heteroatoms. The second kappa shape index (κ2) is 12.2. The van der Waals surface area contributed by atoms with Gasteiger partial charge in [-0.1, -0.05) is 11.8 Å². The van der Waals surface area contributed by atoms with E-state index >= 15 is 0 Å². The molecule has 0 spiro atoms. The molecule has 0 bridgehead atoms. The zero-order chi connectivity index (χ0) is 23.8. The van der Waals surface area contributed by atoms with Gasteiger partial charge < -0.3 is 19.3 Å². The number of carboxylic acids is 1. The zero-order valence-electron chi connectivity index (χ0n) is 19.5. The van der Waals surface area contributed by atoms with Crippen molar-refractivity contribution in [1.82, 2.24) is 4.90 Å². The Morgan fingerprint density at radius 3 is 2.74 bits per heavy atom. The lowest BCUT2D eigenvalue weighted by molar-refractivity contribution is -0.139. The van der Waals surface area contributed by atoms with Gasteiger partial charge in [0, 0.05) is 29.3 Å². The molecule has 4 rings (SSSR count). The van der Waals surface area contributed by atoms with Gasteiger partial charge in [-0.2, -0.15) is 0 Å². The maximum atomic E-state index is 10.7. The van der Waals surface area contributed by atoms with Crippen LogP contribution >= 0.6 is 11.8 Å². The van der Waals surface area contributed by atoms with E-state index in [0.717, 1.165) is 72.5 Å². The Kier molecular flexibility index (Phi) is 8.75. The van der Waals surface area contributed by atoms with Crippen LogP contribution in [0.25, 0.3) is 0 Å². The van der Waals surface area contributed by atoms with Crippen molar-refractivity contribution in [2.75, 3.05) is 46.1 Å². The average molecular weight is 482 g/mol. The van der Waals surface area contributed by atoms with Gasteiger partial charge in [0.25, 0.3) is 0 Å². The quantitative estimate of drug-likeness (QED) is 0.402. The summed E-state index contributed by atoms with van der Waals surface area (Å²) in [6, 6.07) is 12.1. The molecule has 1 aliphatic carbocycles. The van der Waals surface area contributed by atoms with Crippen LogP contribution in [-0.4, -0.2) is 62.0 Å². The van der Waals surface area contributed by atoms with Crippen molar-refractivity contribution in [3.8, 4) is 23.3 Å². The summed E-state index contributed by atoms with van der Waals surface area (Å²) in [7, 11) is 0. The summed E-state index contributed by atoms with van der Waals surface area (Å²) in [5.74, 6) is 8.62. The predicted molar refractivity (Wildman–Crippen MR) is 133 cm³/mol. The van der Waals surface area contributed by atoms with E-state index in [2.05, 4.69) is 28.9 Å². The normalized spacial score (nSPS) is 15.9. The molecule has 0 atom stereocenters. The summed E-state index contributed by atoms with van der Waals surface area (Å²) in [5.41, 5.74) is 3.06. The Morgan fingerprint density at radius 1 is 1.18 bits per heavy atom. The Morgan fingerprint density at radius 2 is 2.00 bits per heavy atom. The molecule has 2 aliphatic rings. The van der Waals surface area contributed by atoms with Crippen LogP contribution in [0.3, 0.4) is 0 Å². The van der Waals surface area contributed by atoms with Crippen molar-refractivity contribution in [1.29, 1.82) is 0 Å². The number of thioether (sulfide) groups is 1. The van der Waals surface area contributed by atoms with E-state index in [4.69, 9.17) is 19.3 Å². The Hall–Kier alpha value is -2.66. The number of hydrogen-bond acceptors (Lipinski definition) is 6. The molecule has 2 aromatic carbocycles. The van der Waals surface area contributed by atoms with Gasteiger partial charge in [0.2, 0.25) is 0 Å². The summed E-state index contributed by atoms with van der Waals surface area (Å²) in [5, 5.41) is 8.81. The molecule has 1 heterocycles. The molecule has 1 aliphatic heterocycles. The van der Waals surface area contributed by atoms with Crippen molar-refractivity contribution >= 4 is 17.7 Å². The van der Waals surface area contributed by atoms with E-state index in [9.17, 15) is 4.79 Å². The van der Waals surface area contributed by atoms with E-state index in [1.807, 2.05) is 31.2 Å². The highest BCUT2D eigenvalue weighted by Gasteiger charge is 2.22. The van der Waals surface area contributed by atoms with Crippen molar-refractivity contribution in [3.05, 3.63) is 53.1 Å². The highest BCUT2D eigenvalue weighted by Crippen LogP contribution is 2.32. The van der Waals surface area contributed by atoms with Gasteiger partial charge in [-0.05, 0) is 73.2 Å². The van der Waals surface area contributed by atoms with Gasteiger partial charge >= 0.3 is 5.97 Å². The number of rotatable bonds is 10. The molecule has 0 unspecified atom stereocenters. The average Bonchev–Trinajstić information content (AvgIpc) is 3.66. The van der Waals surface area contributed by atoms with E-state index in [-0.39, 0.29) is 6.61 Å². The maximum absolute atomic E-state index is 10.7. The first-order valence-electron chi connectivity index (χ1n) is 11.7. The Labute approximate surface area is 205 Å². The van der Waals surface area contributed by atoms with Crippen LogP contribution in [0.2, 0.25) is 0 Å². The number of hydrogen-bond donors (Lipinski definition) is 1. The molecule has 180 valence electrons. The molecule has 0 aromatic heterocycles. The van der Waals surface area contributed by atoms with Crippen LogP contribution < -0.4 is 9.47 Å². The van der Waals surface area contributed by atoms with Crippen LogP contribution in [0, 0.1) is 24.7 Å². The van der Waals surface area contributed by atoms with Crippen LogP contribution in [0.1, 0.15) is 29.5 Å². The summed E-state index contributed by atoms with van der Waals surface area (Å²) in [4.78, 5) is 14.2. The number of benzene rings is 2. The first-order chi connectivity index (χ1) is 16.5. The first-order valence-corrected chi connectivity index (χ1v) is 12.7. The molecule has 0 radical (unpaired) electrons. The van der Waals surface area contributed by atoms with Gasteiger partial charge in [-0.25, -0.2) is 4.79 Å². The SMILES string of the molecule is Cc1cc(SCc2cc(C#CCN3CCOCC3)cc(OCC3CC3)c2)ccc1OCC(=O)O. The molecule has 2 aromatic rings. The third kappa shape index (κ3) is 7.98. The number of ether oxygens (including phenoxy) is 3. The van der Waals surface area contributed by atoms with Gasteiger partial charge in [0.1, 0.15) is 11.5 Å². The topological polar surface area (TPSA) is 68.2 Å². The molecule has 34 heavy (non-hydrogen) atoms. The third-order valence-corrected chi connectivity index (χ3v) is 6.76. The summed E-state index contributed by atoms with van der Waals surface area (Å²) >= 11 is 1.72. The second-order valence-corrected chi connectivity index (χ2v) is 9.76. The fraction of sp³-hybridized carbons (Fsp3) is 0.444. The predicted octanol–water partition coefficient (Wildman–Crippen LogP) is 4.22. The van der Waals surface area contributed by atoms with Gasteiger partial charge in [-0.3, -0.25) is 4.90 Å². The smallest absolute Gasteiger partial charge is 0.341 e. The summed E-state index contributed by atoms with van der Waals surface area (Å²) < 4.78 is 16.8. The van der Waals surface area contributed by atoms with E-state index in [1.165, 1.54) is 12.8 Å². The molecular weight excluding hydrogens is 450 g/mol. The molecule has 1 saturated heterocycles. The van der Waals surface area contributed by atoms with Crippen molar-refractivity contribution in [2.45, 2.75) is 30.4 Å². The van der Waals surface area contributed by atoms with Gasteiger partial charge in [0.05, 0.1) is 26.4 Å². The van der Waals surface area contributed by atoms with Crippen molar-refractivity contribution in [3.63, 3.8) is 0 Å². The maximum Gasteiger partial charge on any atom is 0.341 e. The molecule has 1 N–H and O–H groups in total. The number of carboxylic acid groups (broad SMARTS) is 1. The summed E-state index contributed by atoms with van der Waals surface area (Å²) in [6.07, 6.45) is 2.51. The van der Waals surface area contributed by atoms with Gasteiger partial charge in [0.15, 0.2) is 6.61 Å². The molecule has 6 nitrogen and oxygen atoms in total. The minimum atomic E-state index is -0.981. The number of aliphatic carboxylic acids is 1. The van der Waals surface area contributed by atoms with E-state index in [1.54, 1.807) is 11.8 Å². The van der Waals surface area contributed by atoms with Crippen LogP contribution in [0.4, 0.5) is 0 Å². The van der Waals surface area contributed by atoms with E-state index < -0.39 is 5.97 Å². The molecule has 1 saturated carbocycles. The number of carbonyl (C=O) groups is 1. The minimum Gasteiger partial charge on any atom is -0.493 e. The van der Waals surface area contributed by atoms with Crippen LogP contribution in [0.5, 0.6) is 11.5 Å². The summed E-state index contributed by atoms with van der Waals surface area (Å²) in [6.45, 7) is 6.52. The number of nitrogens with zero attached hydrogens (tertiary/aromatic N) is 1. The monoisotopic (exact) mass is 481 g/mol. The molecule has 2 fully saturated rings. The molecular formula is C27H31NO5S. The fourth-order valence-corrected chi connectivity index (χ4v) is 4.51. The molecule has 0 amide bonds. The standard InChI is InChI=1S/C27H31NO5S/c1-20-13-25(6-7-26(20)33-18-27(29)30)34-19-23-14-22(3-2-8-28-9-11-31-12-10-28)15-24(16-23)32-17-21-4-5-21/h6-7,13-16,21H,4-5,8-12,17-19H2,1H3,(H,29,30). The lowest BCUT2D eigenvalue weighted by Crippen LogP contribution is -2.36. The minimum absolute atomic E-state index is 0.337. The fourth-order valence-electron chi connectivity index (χ4n) is 3.59. The lowest BCUT2D eigenvalue weighted by atomic mass is 10.1. The number of aryl methyl sites for hydroxylation is 1. The lowest BCUT2D eigenvalue weighted by Gasteiger charge is -2.24. The van der Waals surface area contributed by atoms with Crippen LogP contribution in [-0.2, 0) is 15.3 Å². The van der Waals surface area contributed by atoms with Crippen LogP contribution in [0.15, 0.2) is 41.3 Å². The highest BCUT2D eigenvalue weighted by atomic mass is 32.2. The van der Waals surface area contributed by atoms with Crippen molar-refractivity contribution in [2.24, 2.45) is 5.92 Å². The zero-order valence-corrected chi connectivity index (χ0v) is 20.4. The number of morpholine rings is 1.